The molecule has 0 spiro atoms. The van der Waals surface area contributed by atoms with E-state index in [1.165, 1.54) is 11.3 Å². The number of fused-ring (bicyclic) bond motifs is 1. The number of pyridine rings is 1. The summed E-state index contributed by atoms with van der Waals surface area (Å²) in [4.78, 5) is 26.8. The third-order valence-electron chi connectivity index (χ3n) is 4.00. The summed E-state index contributed by atoms with van der Waals surface area (Å²) in [5, 5.41) is 10.3. The molecule has 0 amide bonds. The molecule has 1 aromatic carbocycles. The van der Waals surface area contributed by atoms with Gasteiger partial charge in [0.25, 0.3) is 0 Å². The summed E-state index contributed by atoms with van der Waals surface area (Å²) in [6, 6.07) is 13.2. The largest absolute Gasteiger partial charge is 0.477 e. The lowest BCUT2D eigenvalue weighted by molar-refractivity contribution is 0.0701. The standard InChI is InChI=1S/C19H14N4O2S/c1-12-14-11-13(6-7-15(14)26-17(12)18(24)25)23(16-5-2-3-8-20-16)19-21-9-4-10-22-19/h2-11H,1H3,(H,24,25). The van der Waals surface area contributed by atoms with Gasteiger partial charge in [-0.3, -0.25) is 4.90 Å². The molecule has 7 heteroatoms. The van der Waals surface area contributed by atoms with E-state index in [4.69, 9.17) is 0 Å². The number of aryl methyl sites for hydroxylation is 1. The molecule has 26 heavy (non-hydrogen) atoms. The Labute approximate surface area is 153 Å². The summed E-state index contributed by atoms with van der Waals surface area (Å²) < 4.78 is 0.929. The van der Waals surface area contributed by atoms with E-state index in [-0.39, 0.29) is 0 Å². The predicted octanol–water partition coefficient (Wildman–Crippen LogP) is 4.56. The van der Waals surface area contributed by atoms with Crippen LogP contribution in [0.3, 0.4) is 0 Å². The highest BCUT2D eigenvalue weighted by Crippen LogP contribution is 2.37. The Morgan fingerprint density at radius 3 is 2.50 bits per heavy atom. The smallest absolute Gasteiger partial charge is 0.346 e. The molecule has 128 valence electrons. The van der Waals surface area contributed by atoms with Gasteiger partial charge in [-0.15, -0.1) is 11.3 Å². The monoisotopic (exact) mass is 362 g/mol. The van der Waals surface area contributed by atoms with Crippen LogP contribution in [0.4, 0.5) is 17.5 Å². The second-order valence-electron chi connectivity index (χ2n) is 5.61. The Kier molecular flexibility index (Phi) is 4.06. The van der Waals surface area contributed by atoms with Gasteiger partial charge in [0.1, 0.15) is 10.7 Å². The van der Waals surface area contributed by atoms with Crippen LogP contribution in [-0.2, 0) is 0 Å². The van der Waals surface area contributed by atoms with Gasteiger partial charge in [-0.1, -0.05) is 6.07 Å². The average Bonchev–Trinajstić information content (AvgIpc) is 3.01. The van der Waals surface area contributed by atoms with Crippen molar-refractivity contribution in [3.63, 3.8) is 0 Å². The minimum atomic E-state index is -0.904. The second-order valence-corrected chi connectivity index (χ2v) is 6.67. The predicted molar refractivity (Wildman–Crippen MR) is 102 cm³/mol. The third kappa shape index (κ3) is 2.78. The number of aromatic carboxylic acids is 1. The fourth-order valence-electron chi connectivity index (χ4n) is 2.79. The first-order valence-electron chi connectivity index (χ1n) is 7.90. The summed E-state index contributed by atoms with van der Waals surface area (Å²) >= 11 is 1.28. The normalized spacial score (nSPS) is 10.8. The maximum Gasteiger partial charge on any atom is 0.346 e. The molecule has 0 unspecified atom stereocenters. The molecule has 1 N–H and O–H groups in total. The van der Waals surface area contributed by atoms with Crippen LogP contribution in [-0.4, -0.2) is 26.0 Å². The molecule has 0 aliphatic carbocycles. The van der Waals surface area contributed by atoms with E-state index in [2.05, 4.69) is 15.0 Å². The maximum atomic E-state index is 11.4. The third-order valence-corrected chi connectivity index (χ3v) is 5.26. The van der Waals surface area contributed by atoms with Crippen LogP contribution in [0.15, 0.2) is 61.1 Å². The molecule has 0 saturated carbocycles. The van der Waals surface area contributed by atoms with Gasteiger partial charge in [-0.2, -0.15) is 0 Å². The van der Waals surface area contributed by atoms with Gasteiger partial charge in [0, 0.05) is 23.3 Å². The van der Waals surface area contributed by atoms with Crippen molar-refractivity contribution in [3.05, 3.63) is 71.5 Å². The van der Waals surface area contributed by atoms with E-state index in [1.807, 2.05) is 48.2 Å². The molecule has 0 radical (unpaired) electrons. The van der Waals surface area contributed by atoms with Crippen LogP contribution >= 0.6 is 11.3 Å². The summed E-state index contributed by atoms with van der Waals surface area (Å²) in [6.45, 7) is 1.83. The quantitative estimate of drug-likeness (QED) is 0.573. The first-order chi connectivity index (χ1) is 12.6. The van der Waals surface area contributed by atoms with E-state index < -0.39 is 5.97 Å². The van der Waals surface area contributed by atoms with Crippen LogP contribution in [0.5, 0.6) is 0 Å². The van der Waals surface area contributed by atoms with Crippen LogP contribution in [0.1, 0.15) is 15.2 Å². The Bertz CT molecular complexity index is 1040. The van der Waals surface area contributed by atoms with Crippen molar-refractivity contribution in [2.24, 2.45) is 0 Å². The van der Waals surface area contributed by atoms with Crippen molar-refractivity contribution in [3.8, 4) is 0 Å². The number of anilines is 3. The minimum absolute atomic E-state index is 0.359. The van der Waals surface area contributed by atoms with Gasteiger partial charge >= 0.3 is 5.97 Å². The second kappa shape index (κ2) is 6.53. The molecule has 0 saturated heterocycles. The number of thiophene rings is 1. The number of nitrogens with zero attached hydrogens (tertiary/aromatic N) is 4. The number of rotatable bonds is 4. The molecule has 0 aliphatic heterocycles. The van der Waals surface area contributed by atoms with Crippen molar-refractivity contribution in [1.29, 1.82) is 0 Å². The molecule has 6 nitrogen and oxygen atoms in total. The number of carboxylic acid groups (broad SMARTS) is 1. The lowest BCUT2D eigenvalue weighted by Crippen LogP contribution is -2.14. The topological polar surface area (TPSA) is 79.2 Å². The van der Waals surface area contributed by atoms with Crippen LogP contribution < -0.4 is 4.90 Å². The maximum absolute atomic E-state index is 11.4. The molecule has 0 fully saturated rings. The molecule has 3 aromatic heterocycles. The average molecular weight is 362 g/mol. The Morgan fingerprint density at radius 2 is 1.81 bits per heavy atom. The highest BCUT2D eigenvalue weighted by Gasteiger charge is 2.19. The molecule has 4 rings (SSSR count). The number of aromatic nitrogens is 3. The molecule has 4 aromatic rings. The van der Waals surface area contributed by atoms with Crippen molar-refractivity contribution < 1.29 is 9.90 Å². The molecule has 3 heterocycles. The van der Waals surface area contributed by atoms with Gasteiger partial charge in [0.2, 0.25) is 5.95 Å². The summed E-state index contributed by atoms with van der Waals surface area (Å²) in [5.41, 5.74) is 1.58. The highest BCUT2D eigenvalue weighted by molar-refractivity contribution is 7.21. The number of hydrogen-bond donors (Lipinski definition) is 1. The van der Waals surface area contributed by atoms with Crippen molar-refractivity contribution in [1.82, 2.24) is 15.0 Å². The van der Waals surface area contributed by atoms with Crippen LogP contribution in [0.2, 0.25) is 0 Å². The number of carboxylic acids is 1. The van der Waals surface area contributed by atoms with Gasteiger partial charge in [-0.25, -0.2) is 19.7 Å². The van der Waals surface area contributed by atoms with E-state index in [0.717, 1.165) is 21.3 Å². The van der Waals surface area contributed by atoms with Crippen molar-refractivity contribution >= 4 is 44.8 Å². The van der Waals surface area contributed by atoms with E-state index >= 15 is 0 Å². The van der Waals surface area contributed by atoms with Gasteiger partial charge in [0.15, 0.2) is 0 Å². The molecular formula is C19H14N4O2S. The first-order valence-corrected chi connectivity index (χ1v) is 8.71. The van der Waals surface area contributed by atoms with Gasteiger partial charge < -0.3 is 5.11 Å². The fourth-order valence-corrected chi connectivity index (χ4v) is 3.82. The molecule has 0 atom stereocenters. The van der Waals surface area contributed by atoms with Gasteiger partial charge in [-0.05, 0) is 54.3 Å². The lowest BCUT2D eigenvalue weighted by atomic mass is 10.1. The zero-order chi connectivity index (χ0) is 18.1. The summed E-state index contributed by atoms with van der Waals surface area (Å²) in [6.07, 6.45) is 5.06. The molecule has 0 aliphatic rings. The van der Waals surface area contributed by atoms with Crippen LogP contribution in [0, 0.1) is 6.92 Å². The number of hydrogen-bond acceptors (Lipinski definition) is 6. The fraction of sp³-hybridized carbons (Fsp3) is 0.0526. The van der Waals surface area contributed by atoms with E-state index in [1.54, 1.807) is 24.7 Å². The zero-order valence-electron chi connectivity index (χ0n) is 13.8. The Hall–Kier alpha value is -3.32. The SMILES string of the molecule is Cc1c(C(=O)O)sc2ccc(N(c3ccccn3)c3ncccn3)cc12. The van der Waals surface area contributed by atoms with E-state index in [9.17, 15) is 9.90 Å². The Balaban J connectivity index is 1.91. The molecular weight excluding hydrogens is 348 g/mol. The lowest BCUT2D eigenvalue weighted by Gasteiger charge is -2.21. The van der Waals surface area contributed by atoms with Gasteiger partial charge in [0.05, 0.1) is 5.69 Å². The summed E-state index contributed by atoms with van der Waals surface area (Å²) in [7, 11) is 0. The number of carbonyl (C=O) groups is 1. The van der Waals surface area contributed by atoms with E-state index in [0.29, 0.717) is 16.6 Å². The van der Waals surface area contributed by atoms with Crippen molar-refractivity contribution in [2.75, 3.05) is 4.90 Å². The minimum Gasteiger partial charge on any atom is -0.477 e. The van der Waals surface area contributed by atoms with Crippen LogP contribution in [0.25, 0.3) is 10.1 Å². The first kappa shape index (κ1) is 16.2. The zero-order valence-corrected chi connectivity index (χ0v) is 14.6. The Morgan fingerprint density at radius 1 is 1.04 bits per heavy atom. The molecule has 0 bridgehead atoms. The van der Waals surface area contributed by atoms with Crippen molar-refractivity contribution in [2.45, 2.75) is 6.92 Å². The highest BCUT2D eigenvalue weighted by atomic mass is 32.1. The summed E-state index contributed by atoms with van der Waals surface area (Å²) in [5.74, 6) is 0.277. The number of benzene rings is 1.